The Morgan fingerprint density at radius 1 is 0.905 bits per heavy atom. The van der Waals surface area contributed by atoms with Gasteiger partial charge in [-0.2, -0.15) is 0 Å². The second kappa shape index (κ2) is 10.8. The summed E-state index contributed by atoms with van der Waals surface area (Å²) in [6.07, 6.45) is 2.44. The summed E-state index contributed by atoms with van der Waals surface area (Å²) in [6.45, 7) is 13.6. The highest BCUT2D eigenvalue weighted by atomic mass is 14.9. The molecule has 1 aromatic rings. The van der Waals surface area contributed by atoms with Crippen molar-refractivity contribution in [3.8, 4) is 0 Å². The van der Waals surface area contributed by atoms with Crippen LogP contribution in [-0.2, 0) is 0 Å². The zero-order valence-electron chi connectivity index (χ0n) is 14.4. The zero-order valence-corrected chi connectivity index (χ0v) is 14.4. The first-order valence-corrected chi connectivity index (χ1v) is 8.61. The molecule has 0 amide bonds. The van der Waals surface area contributed by atoms with Gasteiger partial charge in [-0.1, -0.05) is 64.4 Å². The van der Waals surface area contributed by atoms with E-state index >= 15 is 0 Å². The quantitative estimate of drug-likeness (QED) is 0.601. The molecule has 0 heterocycles. The fourth-order valence-corrected chi connectivity index (χ4v) is 2.62. The van der Waals surface area contributed by atoms with Crippen LogP contribution in [0.4, 0.5) is 0 Å². The molecule has 0 saturated carbocycles. The number of rotatable bonds is 11. The molecule has 2 N–H and O–H groups in total. The lowest BCUT2D eigenvalue weighted by atomic mass is 9.85. The molecular formula is C19H34N2. The average Bonchev–Trinajstić information content (AvgIpc) is 2.50. The zero-order chi connectivity index (χ0) is 15.5. The summed E-state index contributed by atoms with van der Waals surface area (Å²) in [4.78, 5) is 0. The van der Waals surface area contributed by atoms with Crippen LogP contribution in [0.2, 0.25) is 0 Å². The van der Waals surface area contributed by atoms with E-state index in [0.29, 0.717) is 5.92 Å². The first kappa shape index (κ1) is 18.2. The van der Waals surface area contributed by atoms with Crippen molar-refractivity contribution >= 4 is 0 Å². The van der Waals surface area contributed by atoms with Crippen molar-refractivity contribution in [3.05, 3.63) is 35.9 Å². The molecule has 0 fully saturated rings. The normalized spacial score (nSPS) is 14.3. The summed E-state index contributed by atoms with van der Waals surface area (Å²) in [5.74, 6) is 2.09. The first-order chi connectivity index (χ1) is 10.1. The molecule has 21 heavy (non-hydrogen) atoms. The number of benzene rings is 1. The molecule has 120 valence electrons. The number of hydrogen-bond donors (Lipinski definition) is 2. The lowest BCUT2D eigenvalue weighted by molar-refractivity contribution is 0.417. The van der Waals surface area contributed by atoms with Gasteiger partial charge in [0.25, 0.3) is 0 Å². The van der Waals surface area contributed by atoms with E-state index in [1.54, 1.807) is 0 Å². The van der Waals surface area contributed by atoms with Crippen LogP contribution in [0.3, 0.4) is 0 Å². The van der Waals surface area contributed by atoms with Gasteiger partial charge in [0.2, 0.25) is 0 Å². The third kappa shape index (κ3) is 7.63. The van der Waals surface area contributed by atoms with Gasteiger partial charge >= 0.3 is 0 Å². The van der Waals surface area contributed by atoms with Crippen LogP contribution >= 0.6 is 0 Å². The molecule has 0 radical (unpaired) electrons. The Bertz CT molecular complexity index is 348. The maximum atomic E-state index is 3.65. The van der Waals surface area contributed by atoms with Gasteiger partial charge in [-0.25, -0.2) is 0 Å². The Balaban J connectivity index is 2.28. The molecule has 2 nitrogen and oxygen atoms in total. The summed E-state index contributed by atoms with van der Waals surface area (Å²) in [6, 6.07) is 10.9. The molecule has 0 aliphatic heterocycles. The van der Waals surface area contributed by atoms with Gasteiger partial charge in [-0.15, -0.1) is 0 Å². The van der Waals surface area contributed by atoms with Crippen LogP contribution in [0.25, 0.3) is 0 Å². The van der Waals surface area contributed by atoms with Crippen molar-refractivity contribution in [1.82, 2.24) is 10.6 Å². The fourth-order valence-electron chi connectivity index (χ4n) is 2.62. The van der Waals surface area contributed by atoms with Gasteiger partial charge in [0.1, 0.15) is 0 Å². The third-order valence-electron chi connectivity index (χ3n) is 4.18. The highest BCUT2D eigenvalue weighted by Crippen LogP contribution is 2.25. The molecule has 2 unspecified atom stereocenters. The Hall–Kier alpha value is -0.860. The van der Waals surface area contributed by atoms with Gasteiger partial charge in [0.15, 0.2) is 0 Å². The van der Waals surface area contributed by atoms with Gasteiger partial charge < -0.3 is 10.6 Å². The fraction of sp³-hybridized carbons (Fsp3) is 0.684. The summed E-state index contributed by atoms with van der Waals surface area (Å²) in [5.41, 5.74) is 1.47. The van der Waals surface area contributed by atoms with Crippen molar-refractivity contribution in [2.45, 2.75) is 46.5 Å². The number of nitrogens with one attached hydrogen (secondary N) is 2. The summed E-state index contributed by atoms with van der Waals surface area (Å²) >= 11 is 0. The van der Waals surface area contributed by atoms with Gasteiger partial charge in [0.05, 0.1) is 0 Å². The average molecular weight is 290 g/mol. The minimum Gasteiger partial charge on any atom is -0.316 e. The maximum Gasteiger partial charge on any atom is 0.00227 e. The van der Waals surface area contributed by atoms with E-state index in [2.05, 4.69) is 68.7 Å². The Morgan fingerprint density at radius 3 is 2.10 bits per heavy atom. The van der Waals surface area contributed by atoms with E-state index in [-0.39, 0.29) is 0 Å². The van der Waals surface area contributed by atoms with Gasteiger partial charge in [-0.3, -0.25) is 0 Å². The summed E-state index contributed by atoms with van der Waals surface area (Å²) < 4.78 is 0. The van der Waals surface area contributed by atoms with Crippen molar-refractivity contribution in [2.75, 3.05) is 26.2 Å². The predicted octanol–water partition coefficient (Wildman–Crippen LogP) is 4.04. The smallest absolute Gasteiger partial charge is 0.00227 e. The monoisotopic (exact) mass is 290 g/mol. The second-order valence-corrected chi connectivity index (χ2v) is 6.56. The minimum absolute atomic E-state index is 0.625. The van der Waals surface area contributed by atoms with Crippen molar-refractivity contribution in [3.63, 3.8) is 0 Å². The molecule has 1 rings (SSSR count). The van der Waals surface area contributed by atoms with Crippen LogP contribution in [0.1, 0.15) is 52.0 Å². The van der Waals surface area contributed by atoms with Crippen LogP contribution < -0.4 is 10.6 Å². The topological polar surface area (TPSA) is 24.1 Å². The second-order valence-electron chi connectivity index (χ2n) is 6.56. The van der Waals surface area contributed by atoms with Crippen LogP contribution in [-0.4, -0.2) is 26.2 Å². The van der Waals surface area contributed by atoms with E-state index in [0.717, 1.165) is 38.0 Å². The molecule has 2 heteroatoms. The van der Waals surface area contributed by atoms with E-state index in [9.17, 15) is 0 Å². The third-order valence-corrected chi connectivity index (χ3v) is 4.18. The highest BCUT2D eigenvalue weighted by Gasteiger charge is 2.17. The van der Waals surface area contributed by atoms with Crippen LogP contribution in [0, 0.1) is 11.8 Å². The molecule has 2 atom stereocenters. The standard InChI is InChI=1S/C19H34N2/c1-5-17(4)19(18-10-7-6-8-11-18)15-21-13-9-12-20-14-16(2)3/h6-8,10-11,16-17,19-21H,5,9,12-15H2,1-4H3. The SMILES string of the molecule is CCC(C)C(CNCCCNCC(C)C)c1ccccc1. The van der Waals surface area contributed by atoms with E-state index < -0.39 is 0 Å². The molecular weight excluding hydrogens is 256 g/mol. The van der Waals surface area contributed by atoms with E-state index in [4.69, 9.17) is 0 Å². The first-order valence-electron chi connectivity index (χ1n) is 8.61. The molecule has 0 aromatic heterocycles. The molecule has 0 aliphatic rings. The van der Waals surface area contributed by atoms with Gasteiger partial charge in [-0.05, 0) is 49.4 Å². The van der Waals surface area contributed by atoms with Crippen LogP contribution in [0.15, 0.2) is 30.3 Å². The summed E-state index contributed by atoms with van der Waals surface area (Å²) in [7, 11) is 0. The Labute approximate surface area is 131 Å². The van der Waals surface area contributed by atoms with Gasteiger partial charge in [0, 0.05) is 6.54 Å². The molecule has 0 spiro atoms. The summed E-state index contributed by atoms with van der Waals surface area (Å²) in [5, 5.41) is 7.15. The molecule has 1 aromatic carbocycles. The molecule has 0 bridgehead atoms. The minimum atomic E-state index is 0.625. The highest BCUT2D eigenvalue weighted by molar-refractivity contribution is 5.20. The van der Waals surface area contributed by atoms with Crippen molar-refractivity contribution < 1.29 is 0 Å². The molecule has 0 aliphatic carbocycles. The lowest BCUT2D eigenvalue weighted by Crippen LogP contribution is -2.29. The van der Waals surface area contributed by atoms with Crippen LogP contribution in [0.5, 0.6) is 0 Å². The maximum absolute atomic E-state index is 3.65. The lowest BCUT2D eigenvalue weighted by Gasteiger charge is -2.24. The molecule has 0 saturated heterocycles. The number of hydrogen-bond acceptors (Lipinski definition) is 2. The Kier molecular flexibility index (Phi) is 9.36. The Morgan fingerprint density at radius 2 is 1.52 bits per heavy atom. The van der Waals surface area contributed by atoms with Crippen molar-refractivity contribution in [2.24, 2.45) is 11.8 Å². The van der Waals surface area contributed by atoms with E-state index in [1.807, 2.05) is 0 Å². The van der Waals surface area contributed by atoms with E-state index in [1.165, 1.54) is 18.4 Å². The largest absolute Gasteiger partial charge is 0.316 e. The predicted molar refractivity (Wildman–Crippen MR) is 93.8 cm³/mol. The van der Waals surface area contributed by atoms with Crippen molar-refractivity contribution in [1.29, 1.82) is 0 Å².